The Morgan fingerprint density at radius 2 is 2.30 bits per heavy atom. The fourth-order valence-corrected chi connectivity index (χ4v) is 1.70. The lowest BCUT2D eigenvalue weighted by Crippen LogP contribution is -2.32. The molecule has 1 aromatic carbocycles. The third-order valence-electron chi connectivity index (χ3n) is 2.67. The molecular weight excluding hydrogens is 258 g/mol. The number of carbonyl (C=O) groups is 1. The number of ether oxygens (including phenoxy) is 1. The van der Waals surface area contributed by atoms with Gasteiger partial charge >= 0.3 is 0 Å². The summed E-state index contributed by atoms with van der Waals surface area (Å²) in [5.74, 6) is 0.546. The maximum Gasteiger partial charge on any atom is 0.270 e. The van der Waals surface area contributed by atoms with Gasteiger partial charge in [-0.15, -0.1) is 5.10 Å². The molecule has 7 nitrogen and oxygen atoms in total. The number of nitrogens with zero attached hydrogens (tertiary/aromatic N) is 4. The Hall–Kier alpha value is -2.44. The second-order valence-electron chi connectivity index (χ2n) is 4.42. The highest BCUT2D eigenvalue weighted by Crippen LogP contribution is 2.16. The van der Waals surface area contributed by atoms with Gasteiger partial charge in [0, 0.05) is 0 Å². The van der Waals surface area contributed by atoms with Crippen molar-refractivity contribution in [2.45, 2.75) is 26.4 Å². The summed E-state index contributed by atoms with van der Waals surface area (Å²) in [5, 5.41) is 13.8. The number of hydrogen-bond acceptors (Lipinski definition) is 5. The smallest absolute Gasteiger partial charge is 0.270 e. The number of rotatable bonds is 5. The fourth-order valence-electron chi connectivity index (χ4n) is 1.70. The van der Waals surface area contributed by atoms with E-state index in [1.54, 1.807) is 7.05 Å². The zero-order chi connectivity index (χ0) is 14.5. The first-order chi connectivity index (χ1) is 9.58. The lowest BCUT2D eigenvalue weighted by Gasteiger charge is -2.16. The van der Waals surface area contributed by atoms with Crippen LogP contribution < -0.4 is 10.1 Å². The number of aromatic nitrogens is 4. The molecule has 2 rings (SSSR count). The molecular formula is C13H17N5O2. The molecule has 20 heavy (non-hydrogen) atoms. The van der Waals surface area contributed by atoms with Crippen molar-refractivity contribution in [2.75, 3.05) is 5.32 Å². The molecule has 0 aliphatic rings. The van der Waals surface area contributed by atoms with Gasteiger partial charge in [0.2, 0.25) is 0 Å². The molecule has 1 N–H and O–H groups in total. The van der Waals surface area contributed by atoms with Crippen LogP contribution in [0.1, 0.15) is 18.9 Å². The van der Waals surface area contributed by atoms with E-state index in [-0.39, 0.29) is 11.9 Å². The first kappa shape index (κ1) is 14.0. The van der Waals surface area contributed by atoms with Crippen LogP contribution in [0.3, 0.4) is 0 Å². The molecule has 0 saturated heterocycles. The molecule has 2 aromatic rings. The van der Waals surface area contributed by atoms with E-state index < -0.39 is 6.10 Å². The molecule has 106 valence electrons. The maximum absolute atomic E-state index is 12.1. The number of carbonyl (C=O) groups excluding carboxylic acids is 1. The van der Waals surface area contributed by atoms with Crippen LogP contribution in [-0.4, -0.2) is 32.2 Å². The third-order valence-corrected chi connectivity index (χ3v) is 2.67. The Balaban J connectivity index is 2.02. The molecule has 0 radical (unpaired) electrons. The highest BCUT2D eigenvalue weighted by molar-refractivity contribution is 5.92. The minimum absolute atomic E-state index is 0.170. The van der Waals surface area contributed by atoms with E-state index in [0.29, 0.717) is 12.2 Å². The van der Waals surface area contributed by atoms with Gasteiger partial charge in [0.15, 0.2) is 6.10 Å². The molecule has 1 aromatic heterocycles. The lowest BCUT2D eigenvalue weighted by atomic mass is 10.2. The minimum Gasteiger partial charge on any atom is -0.481 e. The molecule has 0 bridgehead atoms. The fraction of sp³-hybridized carbons (Fsp3) is 0.385. The summed E-state index contributed by atoms with van der Waals surface area (Å²) in [5.41, 5.74) is 1.08. The van der Waals surface area contributed by atoms with E-state index in [4.69, 9.17) is 4.74 Å². The van der Waals surface area contributed by atoms with Gasteiger partial charge in [-0.25, -0.2) is 0 Å². The highest BCUT2D eigenvalue weighted by atomic mass is 16.5. The van der Waals surface area contributed by atoms with Crippen molar-refractivity contribution in [3.63, 3.8) is 0 Å². The Bertz CT molecular complexity index is 596. The lowest BCUT2D eigenvalue weighted by molar-refractivity contribution is -0.122. The van der Waals surface area contributed by atoms with Crippen molar-refractivity contribution < 1.29 is 9.53 Å². The second kappa shape index (κ2) is 6.14. The summed E-state index contributed by atoms with van der Waals surface area (Å²) >= 11 is 0. The quantitative estimate of drug-likeness (QED) is 0.889. The number of benzene rings is 1. The number of anilines is 1. The van der Waals surface area contributed by atoms with Crippen LogP contribution >= 0.6 is 0 Å². The molecule has 0 aliphatic heterocycles. The highest BCUT2D eigenvalue weighted by Gasteiger charge is 2.20. The van der Waals surface area contributed by atoms with Gasteiger partial charge in [-0.3, -0.25) is 10.1 Å². The summed E-state index contributed by atoms with van der Waals surface area (Å²) in [6.07, 6.45) is -0.0550. The van der Waals surface area contributed by atoms with Crippen molar-refractivity contribution in [3.05, 3.63) is 29.8 Å². The first-order valence-electron chi connectivity index (χ1n) is 6.36. The predicted octanol–water partition coefficient (Wildman–Crippen LogP) is 1.31. The van der Waals surface area contributed by atoms with Crippen molar-refractivity contribution in [3.8, 4) is 5.75 Å². The number of tetrazole rings is 1. The summed E-state index contributed by atoms with van der Waals surface area (Å²) in [4.78, 5) is 13.4. The zero-order valence-corrected chi connectivity index (χ0v) is 11.7. The largest absolute Gasteiger partial charge is 0.481 e. The van der Waals surface area contributed by atoms with Gasteiger partial charge in [-0.2, -0.15) is 4.80 Å². The zero-order valence-electron chi connectivity index (χ0n) is 11.7. The van der Waals surface area contributed by atoms with Crippen molar-refractivity contribution in [2.24, 2.45) is 7.05 Å². The van der Waals surface area contributed by atoms with E-state index in [0.717, 1.165) is 5.56 Å². The molecule has 0 aliphatic carbocycles. The normalized spacial score (nSPS) is 11.9. The van der Waals surface area contributed by atoms with Crippen molar-refractivity contribution in [1.29, 1.82) is 0 Å². The molecule has 1 atom stereocenters. The topological polar surface area (TPSA) is 81.9 Å². The average molecular weight is 275 g/mol. The molecule has 1 amide bonds. The Morgan fingerprint density at radius 3 is 2.90 bits per heavy atom. The maximum atomic E-state index is 12.1. The van der Waals surface area contributed by atoms with Gasteiger partial charge < -0.3 is 4.74 Å². The van der Waals surface area contributed by atoms with Crippen LogP contribution in [0.5, 0.6) is 5.75 Å². The Kier molecular flexibility index (Phi) is 4.29. The van der Waals surface area contributed by atoms with Crippen molar-refractivity contribution >= 4 is 11.9 Å². The van der Waals surface area contributed by atoms with E-state index in [2.05, 4.69) is 20.7 Å². The van der Waals surface area contributed by atoms with Gasteiger partial charge in [-0.1, -0.05) is 24.2 Å². The van der Waals surface area contributed by atoms with E-state index in [1.165, 1.54) is 4.80 Å². The molecule has 0 saturated carbocycles. The van der Waals surface area contributed by atoms with Crippen LogP contribution in [0.2, 0.25) is 0 Å². The second-order valence-corrected chi connectivity index (χ2v) is 4.42. The Morgan fingerprint density at radius 1 is 1.50 bits per heavy atom. The van der Waals surface area contributed by atoms with Gasteiger partial charge in [0.05, 0.1) is 7.05 Å². The molecule has 7 heteroatoms. The average Bonchev–Trinajstić information content (AvgIpc) is 2.81. The van der Waals surface area contributed by atoms with Gasteiger partial charge in [0.1, 0.15) is 5.75 Å². The number of amides is 1. The van der Waals surface area contributed by atoms with Crippen molar-refractivity contribution in [1.82, 2.24) is 20.2 Å². The van der Waals surface area contributed by atoms with Gasteiger partial charge in [0.25, 0.3) is 11.9 Å². The first-order valence-corrected chi connectivity index (χ1v) is 6.36. The number of aryl methyl sites for hydroxylation is 2. The molecule has 0 unspecified atom stereocenters. The van der Waals surface area contributed by atoms with E-state index >= 15 is 0 Å². The summed E-state index contributed by atoms with van der Waals surface area (Å²) < 4.78 is 5.69. The molecule has 0 fully saturated rings. The van der Waals surface area contributed by atoms with Crippen LogP contribution in [0.25, 0.3) is 0 Å². The van der Waals surface area contributed by atoms with Crippen LogP contribution in [-0.2, 0) is 11.8 Å². The molecule has 0 spiro atoms. The Labute approximate surface area is 116 Å². The summed E-state index contributed by atoms with van der Waals surface area (Å²) in [7, 11) is 1.63. The van der Waals surface area contributed by atoms with Gasteiger partial charge in [-0.05, 0) is 36.3 Å². The van der Waals surface area contributed by atoms with E-state index in [9.17, 15) is 4.79 Å². The van der Waals surface area contributed by atoms with Crippen LogP contribution in [0.4, 0.5) is 5.95 Å². The summed E-state index contributed by atoms with van der Waals surface area (Å²) in [6, 6.07) is 7.57. The van der Waals surface area contributed by atoms with Crippen LogP contribution in [0, 0.1) is 6.92 Å². The standard InChI is InChI=1S/C13H17N5O2/c1-4-11(20-10-7-5-6-9(2)8-10)12(19)14-13-15-17-18(3)16-13/h5-8,11H,4H2,1-3H3,(H,14,16,19)/t11-/m0/s1. The third kappa shape index (κ3) is 3.53. The number of hydrogen-bond donors (Lipinski definition) is 1. The molecule has 1 heterocycles. The number of nitrogens with one attached hydrogen (secondary N) is 1. The summed E-state index contributed by atoms with van der Waals surface area (Å²) in [6.45, 7) is 3.85. The van der Waals surface area contributed by atoms with Crippen LogP contribution in [0.15, 0.2) is 24.3 Å². The predicted molar refractivity (Wildman–Crippen MR) is 73.3 cm³/mol. The monoisotopic (exact) mass is 275 g/mol. The SMILES string of the molecule is CC[C@H](Oc1cccc(C)c1)C(=O)Nc1nnn(C)n1. The minimum atomic E-state index is -0.597. The van der Waals surface area contributed by atoms with E-state index in [1.807, 2.05) is 38.1 Å².